The molecule has 1 aromatic carbocycles. The Morgan fingerprint density at radius 1 is 1.28 bits per heavy atom. The molecule has 2 rings (SSSR count). The maximum atomic E-state index is 10.6. The number of rotatable bonds is 7. The maximum absolute atomic E-state index is 10.6. The molecule has 0 radical (unpaired) electrons. The number of hydrogen-bond acceptors (Lipinski definition) is 5. The Morgan fingerprint density at radius 3 is 2.52 bits per heavy atom. The van der Waals surface area contributed by atoms with Crippen LogP contribution in [0.3, 0.4) is 0 Å². The molecule has 1 unspecified atom stereocenters. The van der Waals surface area contributed by atoms with Gasteiger partial charge in [-0.25, -0.2) is 0 Å². The first-order chi connectivity index (χ1) is 11.9. The predicted molar refractivity (Wildman–Crippen MR) is 95.6 cm³/mol. The first-order valence-electron chi connectivity index (χ1n) is 7.86. The van der Waals surface area contributed by atoms with Crippen LogP contribution < -0.4 is 0 Å². The van der Waals surface area contributed by atoms with Crippen molar-refractivity contribution in [2.45, 2.75) is 24.7 Å². The summed E-state index contributed by atoms with van der Waals surface area (Å²) in [6.45, 7) is 7.35. The number of hydrogen-bond donors (Lipinski definition) is 0. The van der Waals surface area contributed by atoms with Gasteiger partial charge in [-0.05, 0) is 42.2 Å². The fourth-order valence-electron chi connectivity index (χ4n) is 3.18. The van der Waals surface area contributed by atoms with Crippen LogP contribution in [0.2, 0.25) is 0 Å². The summed E-state index contributed by atoms with van der Waals surface area (Å²) >= 11 is 0. The Bertz CT molecular complexity index is 719. The lowest BCUT2D eigenvalue weighted by molar-refractivity contribution is -0.418. The summed E-state index contributed by atoms with van der Waals surface area (Å²) < 4.78 is 16.9. The van der Waals surface area contributed by atoms with Crippen LogP contribution in [-0.2, 0) is 26.4 Å². The van der Waals surface area contributed by atoms with Crippen LogP contribution in [0, 0.1) is 10.1 Å². The van der Waals surface area contributed by atoms with Gasteiger partial charge in [-0.3, -0.25) is 10.1 Å². The van der Waals surface area contributed by atoms with E-state index in [0.29, 0.717) is 5.57 Å². The molecule has 134 valence electrons. The van der Waals surface area contributed by atoms with E-state index in [4.69, 9.17) is 14.2 Å². The molecule has 6 nitrogen and oxygen atoms in total. The van der Waals surface area contributed by atoms with Crippen LogP contribution in [0.5, 0.6) is 0 Å². The Labute approximate surface area is 147 Å². The molecule has 0 heterocycles. The highest BCUT2D eigenvalue weighted by atomic mass is 16.7. The number of nitro groups is 1. The van der Waals surface area contributed by atoms with Crippen molar-refractivity contribution in [3.8, 4) is 0 Å². The van der Waals surface area contributed by atoms with Crippen molar-refractivity contribution in [1.29, 1.82) is 0 Å². The van der Waals surface area contributed by atoms with E-state index in [1.54, 1.807) is 27.4 Å². The molecule has 0 N–H and O–H groups in total. The van der Waals surface area contributed by atoms with Crippen molar-refractivity contribution in [2.75, 3.05) is 21.3 Å². The van der Waals surface area contributed by atoms with Gasteiger partial charge in [0.15, 0.2) is 0 Å². The van der Waals surface area contributed by atoms with Gasteiger partial charge >= 0.3 is 0 Å². The van der Waals surface area contributed by atoms with Gasteiger partial charge in [0.05, 0.1) is 4.92 Å². The number of nitrogens with zero attached hydrogens (tertiary/aromatic N) is 1. The molecular formula is C19H23NO5. The standard InChI is InChI=1S/C19H23NO5/c1-13(6-7-14(2)20(21)22)15-8-10-17-16(12-15)9-11-18(23-3)19(17,24-4)25-5/h6-8,10,12,18H,1-2,9,11H2,3-5H3/b7-6-. The van der Waals surface area contributed by atoms with Gasteiger partial charge in [-0.1, -0.05) is 24.8 Å². The lowest BCUT2D eigenvalue weighted by atomic mass is 9.82. The minimum Gasteiger partial charge on any atom is -0.375 e. The van der Waals surface area contributed by atoms with Crippen LogP contribution in [0.4, 0.5) is 0 Å². The number of ether oxygens (including phenoxy) is 3. The molecule has 1 atom stereocenters. The average molecular weight is 345 g/mol. The summed E-state index contributed by atoms with van der Waals surface area (Å²) in [7, 11) is 4.85. The fraction of sp³-hybridized carbons (Fsp3) is 0.368. The summed E-state index contributed by atoms with van der Waals surface area (Å²) in [6.07, 6.45) is 4.31. The van der Waals surface area contributed by atoms with Crippen molar-refractivity contribution in [2.24, 2.45) is 0 Å². The highest BCUT2D eigenvalue weighted by Crippen LogP contribution is 2.41. The quantitative estimate of drug-likeness (QED) is 0.328. The molecule has 6 heteroatoms. The molecule has 0 spiro atoms. The summed E-state index contributed by atoms with van der Waals surface area (Å²) in [4.78, 5) is 10.1. The van der Waals surface area contributed by atoms with E-state index in [-0.39, 0.29) is 11.8 Å². The second kappa shape index (κ2) is 7.74. The first-order valence-corrected chi connectivity index (χ1v) is 7.86. The van der Waals surface area contributed by atoms with Gasteiger partial charge in [-0.15, -0.1) is 0 Å². The zero-order valence-corrected chi connectivity index (χ0v) is 14.8. The van der Waals surface area contributed by atoms with E-state index in [9.17, 15) is 10.1 Å². The number of methoxy groups -OCH3 is 3. The summed E-state index contributed by atoms with van der Waals surface area (Å²) in [5, 5.41) is 10.6. The Kier molecular flexibility index (Phi) is 5.89. The smallest absolute Gasteiger partial charge is 0.262 e. The minimum atomic E-state index is -0.946. The van der Waals surface area contributed by atoms with Gasteiger partial charge in [-0.2, -0.15) is 0 Å². The number of allylic oxidation sites excluding steroid dienone is 3. The molecule has 0 saturated carbocycles. The largest absolute Gasteiger partial charge is 0.375 e. The van der Waals surface area contributed by atoms with Gasteiger partial charge < -0.3 is 14.2 Å². The van der Waals surface area contributed by atoms with E-state index in [0.717, 1.165) is 29.5 Å². The lowest BCUT2D eigenvalue weighted by Crippen LogP contribution is -2.47. The van der Waals surface area contributed by atoms with E-state index in [2.05, 4.69) is 13.2 Å². The van der Waals surface area contributed by atoms with E-state index in [1.807, 2.05) is 18.2 Å². The molecule has 0 saturated heterocycles. The normalized spacial score (nSPS) is 18.8. The fourth-order valence-corrected chi connectivity index (χ4v) is 3.18. The van der Waals surface area contributed by atoms with E-state index in [1.165, 1.54) is 6.08 Å². The molecule has 0 bridgehead atoms. The second-order valence-electron chi connectivity index (χ2n) is 5.82. The van der Waals surface area contributed by atoms with Crippen LogP contribution in [0.25, 0.3) is 5.57 Å². The van der Waals surface area contributed by atoms with Crippen molar-refractivity contribution < 1.29 is 19.1 Å². The molecule has 1 aliphatic rings. The topological polar surface area (TPSA) is 70.8 Å². The molecule has 1 aromatic rings. The van der Waals surface area contributed by atoms with Gasteiger partial charge in [0.2, 0.25) is 5.79 Å². The summed E-state index contributed by atoms with van der Waals surface area (Å²) in [5.74, 6) is -0.946. The highest BCUT2D eigenvalue weighted by molar-refractivity contribution is 5.73. The number of fused-ring (bicyclic) bond motifs is 1. The summed E-state index contributed by atoms with van der Waals surface area (Å²) in [5.41, 5.74) is 3.37. The van der Waals surface area contributed by atoms with E-state index >= 15 is 0 Å². The second-order valence-corrected chi connectivity index (χ2v) is 5.82. The van der Waals surface area contributed by atoms with E-state index < -0.39 is 10.7 Å². The highest BCUT2D eigenvalue weighted by Gasteiger charge is 2.45. The zero-order chi connectivity index (χ0) is 18.6. The van der Waals surface area contributed by atoms with Crippen molar-refractivity contribution in [3.63, 3.8) is 0 Å². The van der Waals surface area contributed by atoms with Crippen LogP contribution in [0.15, 0.2) is 49.2 Å². The third-order valence-corrected chi connectivity index (χ3v) is 4.55. The Balaban J connectivity index is 2.35. The van der Waals surface area contributed by atoms with Gasteiger partial charge in [0, 0.05) is 33.0 Å². The molecule has 0 fully saturated rings. The van der Waals surface area contributed by atoms with Gasteiger partial charge in [0.25, 0.3) is 5.70 Å². The first kappa shape index (κ1) is 19.1. The molecule has 25 heavy (non-hydrogen) atoms. The number of benzene rings is 1. The molecule has 1 aliphatic carbocycles. The minimum absolute atomic E-state index is 0.181. The van der Waals surface area contributed by atoms with Crippen LogP contribution in [-0.4, -0.2) is 32.4 Å². The third kappa shape index (κ3) is 3.56. The van der Waals surface area contributed by atoms with Gasteiger partial charge in [0.1, 0.15) is 6.10 Å². The summed E-state index contributed by atoms with van der Waals surface area (Å²) in [6, 6.07) is 5.84. The Morgan fingerprint density at radius 2 is 1.96 bits per heavy atom. The van der Waals surface area contributed by atoms with Crippen LogP contribution >= 0.6 is 0 Å². The lowest BCUT2D eigenvalue weighted by Gasteiger charge is -2.42. The molecule has 0 aromatic heterocycles. The average Bonchev–Trinajstić information content (AvgIpc) is 2.63. The van der Waals surface area contributed by atoms with Crippen molar-refractivity contribution in [1.82, 2.24) is 0 Å². The molecule has 0 aliphatic heterocycles. The Hall–Kier alpha value is -2.28. The SMILES string of the molecule is C=C(/C=C\C(=C)[N+](=O)[O-])c1ccc2c(c1)CCC(OC)C2(OC)OC. The zero-order valence-electron chi connectivity index (χ0n) is 14.8. The monoisotopic (exact) mass is 345 g/mol. The van der Waals surface area contributed by atoms with Crippen molar-refractivity contribution in [3.05, 3.63) is 76.0 Å². The molecule has 0 amide bonds. The molecular weight excluding hydrogens is 322 g/mol. The predicted octanol–water partition coefficient (Wildman–Crippen LogP) is 3.45. The van der Waals surface area contributed by atoms with Crippen LogP contribution in [0.1, 0.15) is 23.1 Å². The maximum Gasteiger partial charge on any atom is 0.262 e. The number of aryl methyl sites for hydroxylation is 1. The third-order valence-electron chi connectivity index (χ3n) is 4.55. The van der Waals surface area contributed by atoms with Crippen molar-refractivity contribution >= 4 is 5.57 Å².